The van der Waals surface area contributed by atoms with Gasteiger partial charge in [-0.3, -0.25) is 9.52 Å². The number of rotatable bonds is 7. The van der Waals surface area contributed by atoms with Crippen LogP contribution in [0.3, 0.4) is 0 Å². The number of aryl methyl sites for hydroxylation is 1. The third-order valence-corrected chi connectivity index (χ3v) is 5.74. The van der Waals surface area contributed by atoms with E-state index in [1.807, 2.05) is 31.2 Å². The molecular weight excluding hydrogens is 388 g/mol. The zero-order valence-electron chi connectivity index (χ0n) is 16.2. The number of ether oxygens (including phenoxy) is 1. The third kappa shape index (κ3) is 5.36. The number of methoxy groups -OCH3 is 1. The molecule has 29 heavy (non-hydrogen) atoms. The zero-order valence-corrected chi connectivity index (χ0v) is 17.0. The van der Waals surface area contributed by atoms with E-state index in [4.69, 9.17) is 4.74 Å². The molecule has 0 fully saturated rings. The van der Waals surface area contributed by atoms with Crippen LogP contribution in [0.5, 0.6) is 5.75 Å². The number of amides is 1. The molecule has 0 heterocycles. The highest BCUT2D eigenvalue weighted by Crippen LogP contribution is 2.17. The Labute approximate surface area is 170 Å². The van der Waals surface area contributed by atoms with Gasteiger partial charge in [0.1, 0.15) is 5.75 Å². The van der Waals surface area contributed by atoms with E-state index < -0.39 is 10.0 Å². The molecule has 1 amide bonds. The van der Waals surface area contributed by atoms with Crippen molar-refractivity contribution in [2.75, 3.05) is 11.8 Å². The molecule has 6 nitrogen and oxygen atoms in total. The van der Waals surface area contributed by atoms with E-state index in [-0.39, 0.29) is 10.8 Å². The van der Waals surface area contributed by atoms with Gasteiger partial charge in [-0.2, -0.15) is 0 Å². The van der Waals surface area contributed by atoms with E-state index in [9.17, 15) is 13.2 Å². The predicted octanol–water partition coefficient (Wildman–Crippen LogP) is 3.73. The van der Waals surface area contributed by atoms with E-state index in [0.717, 1.165) is 16.9 Å². The van der Waals surface area contributed by atoms with Crippen LogP contribution in [0.15, 0.2) is 77.7 Å². The number of sulfonamides is 1. The Hall–Kier alpha value is -3.32. The van der Waals surface area contributed by atoms with Crippen molar-refractivity contribution in [1.82, 2.24) is 5.32 Å². The van der Waals surface area contributed by atoms with Crippen LogP contribution >= 0.6 is 0 Å². The molecule has 0 saturated carbocycles. The lowest BCUT2D eigenvalue weighted by Crippen LogP contribution is -2.22. The van der Waals surface area contributed by atoms with Crippen LogP contribution in [0, 0.1) is 6.92 Å². The molecule has 3 aromatic rings. The summed E-state index contributed by atoms with van der Waals surface area (Å²) >= 11 is 0. The zero-order chi connectivity index (χ0) is 20.9. The fraction of sp³-hybridized carbons (Fsp3) is 0.136. The molecule has 2 N–H and O–H groups in total. The molecule has 3 aromatic carbocycles. The molecule has 3 rings (SSSR count). The molecular formula is C22H22N2O4S. The van der Waals surface area contributed by atoms with Crippen molar-refractivity contribution in [2.45, 2.75) is 18.4 Å². The van der Waals surface area contributed by atoms with Crippen LogP contribution in [0.1, 0.15) is 21.5 Å². The first-order chi connectivity index (χ1) is 13.9. The van der Waals surface area contributed by atoms with Crippen molar-refractivity contribution >= 4 is 21.6 Å². The smallest absolute Gasteiger partial charge is 0.261 e. The number of hydrogen-bond acceptors (Lipinski definition) is 4. The monoisotopic (exact) mass is 410 g/mol. The minimum absolute atomic E-state index is 0.185. The van der Waals surface area contributed by atoms with Gasteiger partial charge in [-0.15, -0.1) is 0 Å². The van der Waals surface area contributed by atoms with Crippen LogP contribution in [-0.4, -0.2) is 21.4 Å². The molecule has 0 aromatic heterocycles. The second kappa shape index (κ2) is 8.79. The van der Waals surface area contributed by atoms with Gasteiger partial charge >= 0.3 is 0 Å². The Bertz CT molecular complexity index is 1080. The molecule has 0 saturated heterocycles. The van der Waals surface area contributed by atoms with Crippen molar-refractivity contribution in [3.8, 4) is 5.75 Å². The Kier molecular flexibility index (Phi) is 6.19. The Morgan fingerprint density at radius 1 is 0.897 bits per heavy atom. The lowest BCUT2D eigenvalue weighted by molar-refractivity contribution is 0.0951. The van der Waals surface area contributed by atoms with Crippen molar-refractivity contribution < 1.29 is 17.9 Å². The fourth-order valence-corrected chi connectivity index (χ4v) is 3.71. The first-order valence-corrected chi connectivity index (χ1v) is 10.5. The van der Waals surface area contributed by atoms with Crippen LogP contribution in [0.25, 0.3) is 0 Å². The highest BCUT2D eigenvalue weighted by atomic mass is 32.2. The first-order valence-electron chi connectivity index (χ1n) is 8.98. The summed E-state index contributed by atoms with van der Waals surface area (Å²) in [7, 11) is -2.08. The van der Waals surface area contributed by atoms with Crippen molar-refractivity contribution in [3.63, 3.8) is 0 Å². The maximum Gasteiger partial charge on any atom is 0.261 e. The molecule has 0 aliphatic carbocycles. The Balaban J connectivity index is 1.61. The second-order valence-electron chi connectivity index (χ2n) is 6.53. The Morgan fingerprint density at radius 3 is 2.10 bits per heavy atom. The van der Waals surface area contributed by atoms with Gasteiger partial charge in [-0.25, -0.2) is 8.42 Å². The van der Waals surface area contributed by atoms with E-state index in [0.29, 0.717) is 17.8 Å². The topological polar surface area (TPSA) is 84.5 Å². The van der Waals surface area contributed by atoms with Crippen LogP contribution in [0.4, 0.5) is 5.69 Å². The van der Waals surface area contributed by atoms with Gasteiger partial charge in [0.05, 0.1) is 12.0 Å². The van der Waals surface area contributed by atoms with Crippen molar-refractivity contribution in [1.29, 1.82) is 0 Å². The van der Waals surface area contributed by atoms with Gasteiger partial charge in [0.25, 0.3) is 15.9 Å². The summed E-state index contributed by atoms with van der Waals surface area (Å²) in [5.74, 6) is 0.512. The second-order valence-corrected chi connectivity index (χ2v) is 8.21. The Morgan fingerprint density at radius 2 is 1.52 bits per heavy atom. The fourth-order valence-electron chi connectivity index (χ4n) is 2.65. The van der Waals surface area contributed by atoms with Gasteiger partial charge in [-0.05, 0) is 61.0 Å². The normalized spacial score (nSPS) is 11.0. The molecule has 0 radical (unpaired) electrons. The van der Waals surface area contributed by atoms with Gasteiger partial charge in [-0.1, -0.05) is 29.8 Å². The van der Waals surface area contributed by atoms with Gasteiger partial charge in [0.2, 0.25) is 0 Å². The van der Waals surface area contributed by atoms with Crippen LogP contribution in [0.2, 0.25) is 0 Å². The highest BCUT2D eigenvalue weighted by Gasteiger charge is 2.14. The lowest BCUT2D eigenvalue weighted by Gasteiger charge is -2.10. The van der Waals surface area contributed by atoms with E-state index in [1.54, 1.807) is 55.6 Å². The summed E-state index contributed by atoms with van der Waals surface area (Å²) in [5, 5.41) is 2.83. The van der Waals surface area contributed by atoms with Crippen molar-refractivity contribution in [3.05, 3.63) is 89.5 Å². The van der Waals surface area contributed by atoms with Gasteiger partial charge < -0.3 is 10.1 Å². The van der Waals surface area contributed by atoms with E-state index in [2.05, 4.69) is 10.0 Å². The standard InChI is InChI=1S/C22H22N2O4S/c1-16-3-13-21(14-4-16)29(26,27)24-19-9-7-18(8-10-19)22(25)23-15-17-5-11-20(28-2)12-6-17/h3-14,24H,15H2,1-2H3,(H,23,25). The number of anilines is 1. The summed E-state index contributed by atoms with van der Waals surface area (Å²) in [6, 6.07) is 20.3. The summed E-state index contributed by atoms with van der Waals surface area (Å²) in [4.78, 5) is 12.5. The molecule has 0 aliphatic rings. The first kappa shape index (κ1) is 20.4. The number of carbonyl (C=O) groups excluding carboxylic acids is 1. The van der Waals surface area contributed by atoms with Crippen LogP contribution in [-0.2, 0) is 16.6 Å². The number of benzene rings is 3. The number of nitrogens with one attached hydrogen (secondary N) is 2. The summed E-state index contributed by atoms with van der Waals surface area (Å²) in [5.41, 5.74) is 2.75. The maximum atomic E-state index is 12.4. The molecule has 0 atom stereocenters. The minimum atomic E-state index is -3.68. The molecule has 7 heteroatoms. The van der Waals surface area contributed by atoms with Crippen molar-refractivity contribution in [2.24, 2.45) is 0 Å². The van der Waals surface area contributed by atoms with E-state index in [1.165, 1.54) is 0 Å². The summed E-state index contributed by atoms with van der Waals surface area (Å²) in [6.07, 6.45) is 0. The molecule has 0 spiro atoms. The van der Waals surface area contributed by atoms with Gasteiger partial charge in [0, 0.05) is 17.8 Å². The number of carbonyl (C=O) groups is 1. The third-order valence-electron chi connectivity index (χ3n) is 4.34. The maximum absolute atomic E-state index is 12.4. The predicted molar refractivity (Wildman–Crippen MR) is 113 cm³/mol. The molecule has 0 bridgehead atoms. The largest absolute Gasteiger partial charge is 0.497 e. The highest BCUT2D eigenvalue weighted by molar-refractivity contribution is 7.92. The van der Waals surface area contributed by atoms with Crippen LogP contribution < -0.4 is 14.8 Å². The molecule has 0 unspecified atom stereocenters. The summed E-state index contributed by atoms with van der Waals surface area (Å²) < 4.78 is 32.5. The number of hydrogen-bond donors (Lipinski definition) is 2. The SMILES string of the molecule is COc1ccc(CNC(=O)c2ccc(NS(=O)(=O)c3ccc(C)cc3)cc2)cc1. The average Bonchev–Trinajstić information content (AvgIpc) is 2.73. The minimum Gasteiger partial charge on any atom is -0.497 e. The average molecular weight is 410 g/mol. The van der Waals surface area contributed by atoms with Gasteiger partial charge in [0.15, 0.2) is 0 Å². The summed E-state index contributed by atoms with van der Waals surface area (Å²) in [6.45, 7) is 2.27. The van der Waals surface area contributed by atoms with E-state index >= 15 is 0 Å². The molecule has 150 valence electrons. The molecule has 0 aliphatic heterocycles. The quantitative estimate of drug-likeness (QED) is 0.622. The lowest BCUT2D eigenvalue weighted by atomic mass is 10.2.